The Morgan fingerprint density at radius 3 is 2.69 bits per heavy atom. The maximum Gasteiger partial charge on any atom is 0.238 e. The molecule has 4 atom stereocenters. The van der Waals surface area contributed by atoms with Crippen LogP contribution in [0.1, 0.15) is 30.6 Å². The fraction of sp³-hybridized carbons (Fsp3) is 0.320. The number of hydrogen-bond acceptors (Lipinski definition) is 5. The third-order valence-electron chi connectivity index (χ3n) is 6.51. The highest BCUT2D eigenvalue weighted by Gasteiger charge is 2.43. The van der Waals surface area contributed by atoms with Crippen LogP contribution in [0, 0.1) is 34.4 Å². The van der Waals surface area contributed by atoms with Crippen LogP contribution in [-0.2, 0) is 11.2 Å². The molecule has 1 aliphatic heterocycles. The number of halogens is 1. The summed E-state index contributed by atoms with van der Waals surface area (Å²) in [5.41, 5.74) is 2.11. The summed E-state index contributed by atoms with van der Waals surface area (Å²) in [6, 6.07) is 15.3. The van der Waals surface area contributed by atoms with E-state index in [2.05, 4.69) is 16.7 Å². The fourth-order valence-electron chi connectivity index (χ4n) is 4.91. The van der Waals surface area contributed by atoms with Crippen molar-refractivity contribution in [3.05, 3.63) is 59.6 Å². The van der Waals surface area contributed by atoms with E-state index in [0.717, 1.165) is 30.2 Å². The van der Waals surface area contributed by atoms with Crippen LogP contribution in [0.25, 0.3) is 22.1 Å². The molecule has 2 aromatic carbocycles. The van der Waals surface area contributed by atoms with Crippen molar-refractivity contribution in [2.45, 2.75) is 43.8 Å². The third kappa shape index (κ3) is 3.72. The zero-order valence-corrected chi connectivity index (χ0v) is 17.3. The summed E-state index contributed by atoms with van der Waals surface area (Å²) in [6.45, 7) is 0. The second-order valence-electron chi connectivity index (χ2n) is 8.58. The normalized spacial score (nSPS) is 22.4. The Bertz CT molecular complexity index is 1290. The first-order chi connectivity index (χ1) is 15.5. The van der Waals surface area contributed by atoms with Gasteiger partial charge in [0.1, 0.15) is 29.3 Å². The maximum absolute atomic E-state index is 14.0. The zero-order chi connectivity index (χ0) is 22.2. The molecule has 2 N–H and O–H groups in total. The minimum absolute atomic E-state index is 0.00523. The monoisotopic (exact) mass is 428 g/mol. The Hall–Kier alpha value is -3.68. The van der Waals surface area contributed by atoms with Crippen LogP contribution in [0.15, 0.2) is 46.9 Å². The van der Waals surface area contributed by atoms with Gasteiger partial charge in [-0.25, -0.2) is 4.39 Å². The molecule has 2 heterocycles. The van der Waals surface area contributed by atoms with Crippen LogP contribution in [0.3, 0.4) is 0 Å². The molecule has 4 unspecified atom stereocenters. The van der Waals surface area contributed by atoms with E-state index >= 15 is 0 Å². The Labute approximate surface area is 184 Å². The average Bonchev–Trinajstić information content (AvgIpc) is 3.53. The largest absolute Gasteiger partial charge is 0.461 e. The quantitative estimate of drug-likeness (QED) is 0.644. The highest BCUT2D eigenvalue weighted by atomic mass is 19.1. The number of amides is 1. The summed E-state index contributed by atoms with van der Waals surface area (Å²) in [4.78, 5) is 12.6. The molecule has 1 amide bonds. The Morgan fingerprint density at radius 1 is 1.19 bits per heavy atom. The zero-order valence-electron chi connectivity index (χ0n) is 17.3. The molecule has 1 saturated heterocycles. The number of fused-ring (bicyclic) bond motifs is 3. The summed E-state index contributed by atoms with van der Waals surface area (Å²) in [7, 11) is 0. The number of rotatable bonds is 5. The molecule has 3 aromatic rings. The molecule has 0 spiro atoms. The van der Waals surface area contributed by atoms with Crippen molar-refractivity contribution in [2.24, 2.45) is 5.92 Å². The number of nitrogens with zero attached hydrogens (tertiary/aromatic N) is 2. The SMILES string of the molecule is N#Cc1ccc(-c2ccc3oc(CC(C#N)NC(=O)C4NC5CCC4C5)cc3c2)cc1F. The molecule has 32 heavy (non-hydrogen) atoms. The Kier molecular flexibility index (Phi) is 5.13. The molecule has 1 aliphatic carbocycles. The number of nitrogens with one attached hydrogen (secondary N) is 2. The molecule has 2 fully saturated rings. The van der Waals surface area contributed by atoms with E-state index in [1.807, 2.05) is 24.3 Å². The standard InChI is InChI=1S/C25H21FN4O2/c26-22-10-15(1-2-17(22)12-27)14-4-6-23-18(7-14)9-21(32-23)11-20(13-28)30-25(31)24-16-3-5-19(8-16)29-24/h1-2,4,6-7,9-10,16,19-20,24,29H,3,5,8,11H2,(H,30,31). The van der Waals surface area contributed by atoms with Gasteiger partial charge in [-0.15, -0.1) is 0 Å². The van der Waals surface area contributed by atoms with Crippen molar-refractivity contribution in [3.63, 3.8) is 0 Å². The average molecular weight is 428 g/mol. The highest BCUT2D eigenvalue weighted by Crippen LogP contribution is 2.35. The number of nitriles is 2. The summed E-state index contributed by atoms with van der Waals surface area (Å²) >= 11 is 0. The van der Waals surface area contributed by atoms with Gasteiger partial charge in [0.25, 0.3) is 0 Å². The molecule has 1 saturated carbocycles. The first kappa shape index (κ1) is 20.2. The molecular weight excluding hydrogens is 407 g/mol. The van der Waals surface area contributed by atoms with Crippen LogP contribution >= 0.6 is 0 Å². The van der Waals surface area contributed by atoms with Crippen LogP contribution in [-0.4, -0.2) is 24.0 Å². The van der Waals surface area contributed by atoms with Gasteiger partial charge in [0.05, 0.1) is 17.7 Å². The lowest BCUT2D eigenvalue weighted by atomic mass is 9.99. The third-order valence-corrected chi connectivity index (χ3v) is 6.51. The van der Waals surface area contributed by atoms with Crippen LogP contribution in [0.4, 0.5) is 4.39 Å². The first-order valence-corrected chi connectivity index (χ1v) is 10.7. The smallest absolute Gasteiger partial charge is 0.238 e. The number of furan rings is 1. The summed E-state index contributed by atoms with van der Waals surface area (Å²) in [6.07, 6.45) is 3.47. The van der Waals surface area contributed by atoms with Gasteiger partial charge >= 0.3 is 0 Å². The van der Waals surface area contributed by atoms with E-state index < -0.39 is 11.9 Å². The van der Waals surface area contributed by atoms with Gasteiger partial charge in [-0.1, -0.05) is 12.1 Å². The molecular formula is C25H21FN4O2. The number of piperidine rings is 1. The minimum atomic E-state index is -0.684. The Morgan fingerprint density at radius 2 is 2.00 bits per heavy atom. The highest BCUT2D eigenvalue weighted by molar-refractivity contribution is 5.85. The van der Waals surface area contributed by atoms with Crippen molar-refractivity contribution in [1.82, 2.24) is 10.6 Å². The lowest BCUT2D eigenvalue weighted by molar-refractivity contribution is -0.124. The van der Waals surface area contributed by atoms with Gasteiger partial charge in [-0.2, -0.15) is 10.5 Å². The van der Waals surface area contributed by atoms with E-state index in [-0.39, 0.29) is 23.9 Å². The summed E-state index contributed by atoms with van der Waals surface area (Å²) < 4.78 is 19.9. The van der Waals surface area contributed by atoms with E-state index in [0.29, 0.717) is 28.9 Å². The maximum atomic E-state index is 14.0. The van der Waals surface area contributed by atoms with E-state index in [1.54, 1.807) is 12.1 Å². The predicted molar refractivity (Wildman–Crippen MR) is 116 cm³/mol. The van der Waals surface area contributed by atoms with Crippen molar-refractivity contribution in [2.75, 3.05) is 0 Å². The molecule has 5 rings (SSSR count). The number of carbonyl (C=O) groups is 1. The molecule has 2 bridgehead atoms. The minimum Gasteiger partial charge on any atom is -0.461 e. The van der Waals surface area contributed by atoms with Gasteiger partial charge in [0, 0.05) is 17.8 Å². The fourth-order valence-corrected chi connectivity index (χ4v) is 4.91. The van der Waals surface area contributed by atoms with Gasteiger partial charge in [0.15, 0.2) is 0 Å². The molecule has 1 aromatic heterocycles. The van der Waals surface area contributed by atoms with Gasteiger partial charge < -0.3 is 15.1 Å². The molecule has 160 valence electrons. The molecule has 2 aliphatic rings. The summed E-state index contributed by atoms with van der Waals surface area (Å²) in [5.74, 6) is 0.271. The van der Waals surface area contributed by atoms with E-state index in [1.165, 1.54) is 12.1 Å². The predicted octanol–water partition coefficient (Wildman–Crippen LogP) is 3.80. The lowest BCUT2D eigenvalue weighted by Crippen LogP contribution is -2.50. The number of hydrogen-bond donors (Lipinski definition) is 2. The first-order valence-electron chi connectivity index (χ1n) is 10.7. The van der Waals surface area contributed by atoms with Crippen molar-refractivity contribution >= 4 is 16.9 Å². The van der Waals surface area contributed by atoms with Crippen LogP contribution < -0.4 is 10.6 Å². The molecule has 7 heteroatoms. The topological polar surface area (TPSA) is 102 Å². The molecule has 0 radical (unpaired) electrons. The number of benzene rings is 2. The summed E-state index contributed by atoms with van der Waals surface area (Å²) in [5, 5.41) is 25.5. The van der Waals surface area contributed by atoms with Gasteiger partial charge in [0.2, 0.25) is 5.91 Å². The van der Waals surface area contributed by atoms with Crippen molar-refractivity contribution < 1.29 is 13.6 Å². The van der Waals surface area contributed by atoms with Gasteiger partial charge in [-0.05, 0) is 66.6 Å². The molecule has 6 nitrogen and oxygen atoms in total. The van der Waals surface area contributed by atoms with E-state index in [9.17, 15) is 14.4 Å². The van der Waals surface area contributed by atoms with Crippen LogP contribution in [0.2, 0.25) is 0 Å². The second kappa shape index (κ2) is 8.11. The number of carbonyl (C=O) groups excluding carboxylic acids is 1. The van der Waals surface area contributed by atoms with Crippen molar-refractivity contribution in [1.29, 1.82) is 10.5 Å². The Balaban J connectivity index is 1.31. The lowest BCUT2D eigenvalue weighted by Gasteiger charge is -2.23. The van der Waals surface area contributed by atoms with E-state index in [4.69, 9.17) is 9.68 Å². The second-order valence-corrected chi connectivity index (χ2v) is 8.58. The van der Waals surface area contributed by atoms with Crippen LogP contribution in [0.5, 0.6) is 0 Å². The van der Waals surface area contributed by atoms with Crippen molar-refractivity contribution in [3.8, 4) is 23.3 Å². The van der Waals surface area contributed by atoms with Gasteiger partial charge in [-0.3, -0.25) is 4.79 Å².